The van der Waals surface area contributed by atoms with Crippen molar-refractivity contribution >= 4 is 45.1 Å². The van der Waals surface area contributed by atoms with Gasteiger partial charge in [0.05, 0.1) is 23.3 Å². The Morgan fingerprint density at radius 3 is 2.54 bits per heavy atom. The Morgan fingerprint density at radius 1 is 1.05 bits per heavy atom. The molecule has 0 fully saturated rings. The monoisotopic (exact) mass is 577 g/mol. The van der Waals surface area contributed by atoms with Crippen LogP contribution in [0, 0.1) is 11.3 Å². The number of esters is 2. The van der Waals surface area contributed by atoms with Gasteiger partial charge < -0.3 is 14.8 Å². The van der Waals surface area contributed by atoms with E-state index < -0.39 is 24.5 Å². The lowest BCUT2D eigenvalue weighted by molar-refractivity contribution is -0.119. The fraction of sp³-hybridized carbons (Fsp3) is 0.500. The van der Waals surface area contributed by atoms with Gasteiger partial charge in [-0.25, -0.2) is 9.59 Å². The van der Waals surface area contributed by atoms with E-state index in [4.69, 9.17) is 14.5 Å². The number of anilines is 1. The summed E-state index contributed by atoms with van der Waals surface area (Å²) in [5.74, 6) is -0.978. The van der Waals surface area contributed by atoms with Crippen LogP contribution in [0.15, 0.2) is 24.3 Å². The van der Waals surface area contributed by atoms with E-state index in [2.05, 4.69) is 37.9 Å². The number of carbonyl (C=O) groups excluding carboxylic acids is 3. The Balaban J connectivity index is 1.36. The molecule has 1 aromatic carbocycles. The lowest BCUT2D eigenvalue weighted by Crippen LogP contribution is -2.32. The first kappa shape index (κ1) is 29.2. The third-order valence-corrected chi connectivity index (χ3v) is 9.50. The molecule has 218 valence electrons. The number of fused-ring (bicyclic) bond motifs is 3. The summed E-state index contributed by atoms with van der Waals surface area (Å²) in [5.41, 5.74) is 4.54. The summed E-state index contributed by atoms with van der Waals surface area (Å²) in [6, 6.07) is 7.54. The van der Waals surface area contributed by atoms with Crippen LogP contribution in [0.5, 0.6) is 0 Å². The second-order valence-electron chi connectivity index (χ2n) is 11.9. The minimum absolute atomic E-state index is 0.147. The molecule has 3 aromatic rings. The van der Waals surface area contributed by atoms with Crippen molar-refractivity contribution in [1.82, 2.24) is 9.88 Å². The number of likely N-dealkylation sites (N-methyl/N-ethyl adjacent to an activating group) is 1. The van der Waals surface area contributed by atoms with Crippen LogP contribution >= 0.6 is 11.3 Å². The first-order chi connectivity index (χ1) is 19.6. The molecule has 2 aliphatic rings. The minimum Gasteiger partial charge on any atom is -0.462 e. The maximum absolute atomic E-state index is 13.5. The number of carbonyl (C=O) groups is 3. The van der Waals surface area contributed by atoms with Crippen LogP contribution in [0.2, 0.25) is 0 Å². The molecule has 1 aliphatic carbocycles. The number of rotatable bonds is 7. The Morgan fingerprint density at radius 2 is 1.80 bits per heavy atom. The van der Waals surface area contributed by atoms with Gasteiger partial charge in [0, 0.05) is 41.0 Å². The van der Waals surface area contributed by atoms with Gasteiger partial charge in [0.2, 0.25) is 0 Å². The van der Waals surface area contributed by atoms with Gasteiger partial charge in [0.25, 0.3) is 5.91 Å². The number of hydrogen-bond acceptors (Lipinski definition) is 8. The third kappa shape index (κ3) is 6.02. The van der Waals surface area contributed by atoms with Crippen LogP contribution in [-0.4, -0.2) is 54.0 Å². The standard InChI is InChI=1S/C32H39N3O5S/c1-6-35-15-14-24-22(17-35)27(20-10-8-9-11-23(20)33-24)30(37)40-18-26(36)34-29-28(31(38)39-7-2)21-13-12-19(32(3,4)5)16-25(21)41-29/h8-11,19H,6-7,12-18H2,1-5H3,(H,34,36). The number of aromatic nitrogens is 1. The fourth-order valence-corrected chi connectivity index (χ4v) is 7.28. The molecule has 1 unspecified atom stereocenters. The summed E-state index contributed by atoms with van der Waals surface area (Å²) in [6.07, 6.45) is 3.35. The Bertz CT molecular complexity index is 1490. The van der Waals surface area contributed by atoms with Crippen LogP contribution in [-0.2, 0) is 40.1 Å². The highest BCUT2D eigenvalue weighted by Gasteiger charge is 2.35. The van der Waals surface area contributed by atoms with Crippen LogP contribution in [0.4, 0.5) is 5.00 Å². The van der Waals surface area contributed by atoms with Crippen molar-refractivity contribution in [2.24, 2.45) is 11.3 Å². The topological polar surface area (TPSA) is 97.8 Å². The number of thiophene rings is 1. The lowest BCUT2D eigenvalue weighted by atomic mass is 9.72. The van der Waals surface area contributed by atoms with Crippen molar-refractivity contribution < 1.29 is 23.9 Å². The normalized spacial score (nSPS) is 17.0. The van der Waals surface area contributed by atoms with Crippen molar-refractivity contribution in [2.45, 2.75) is 66.8 Å². The van der Waals surface area contributed by atoms with Gasteiger partial charge in [-0.1, -0.05) is 45.9 Å². The van der Waals surface area contributed by atoms with Crippen LogP contribution in [0.1, 0.15) is 83.5 Å². The molecule has 2 aromatic heterocycles. The van der Waals surface area contributed by atoms with E-state index in [0.29, 0.717) is 28.6 Å². The molecule has 8 nitrogen and oxygen atoms in total. The number of ether oxygens (including phenoxy) is 2. The number of benzene rings is 1. The zero-order chi connectivity index (χ0) is 29.3. The van der Waals surface area contributed by atoms with Gasteiger partial charge in [-0.15, -0.1) is 11.3 Å². The SMILES string of the molecule is CCOC(=O)c1c(NC(=O)COC(=O)c2c3c(nc4ccccc24)CCN(CC)C3)sc2c1CCC(C(C)(C)C)C2. The summed E-state index contributed by atoms with van der Waals surface area (Å²) in [7, 11) is 0. The summed E-state index contributed by atoms with van der Waals surface area (Å²) >= 11 is 1.43. The summed E-state index contributed by atoms with van der Waals surface area (Å²) in [4.78, 5) is 47.8. The van der Waals surface area contributed by atoms with Gasteiger partial charge >= 0.3 is 11.9 Å². The Kier molecular flexibility index (Phi) is 8.47. The van der Waals surface area contributed by atoms with Crippen molar-refractivity contribution in [3.63, 3.8) is 0 Å². The average molecular weight is 578 g/mol. The minimum atomic E-state index is -0.544. The average Bonchev–Trinajstić information content (AvgIpc) is 3.31. The van der Waals surface area contributed by atoms with Crippen molar-refractivity contribution in [2.75, 3.05) is 31.6 Å². The van der Waals surface area contributed by atoms with Crippen molar-refractivity contribution in [1.29, 1.82) is 0 Å². The predicted octanol–water partition coefficient (Wildman–Crippen LogP) is 5.80. The molecule has 1 amide bonds. The van der Waals surface area contributed by atoms with Gasteiger partial charge in [-0.3, -0.25) is 14.7 Å². The highest BCUT2D eigenvalue weighted by atomic mass is 32.1. The van der Waals surface area contributed by atoms with Gasteiger partial charge in [0.15, 0.2) is 6.61 Å². The molecule has 1 aliphatic heterocycles. The molecule has 0 saturated carbocycles. The molecular weight excluding hydrogens is 538 g/mol. The zero-order valence-electron chi connectivity index (χ0n) is 24.6. The van der Waals surface area contributed by atoms with Crippen LogP contribution < -0.4 is 5.32 Å². The van der Waals surface area contributed by atoms with Crippen molar-refractivity contribution in [3.8, 4) is 0 Å². The quantitative estimate of drug-likeness (QED) is 0.355. The van der Waals surface area contributed by atoms with E-state index in [9.17, 15) is 14.4 Å². The van der Waals surface area contributed by atoms with Gasteiger partial charge in [-0.05, 0) is 55.7 Å². The van der Waals surface area contributed by atoms with Gasteiger partial charge in [0.1, 0.15) is 5.00 Å². The second kappa shape index (κ2) is 11.9. The lowest BCUT2D eigenvalue weighted by Gasteiger charge is -2.33. The smallest absolute Gasteiger partial charge is 0.341 e. The van der Waals surface area contributed by atoms with E-state index in [-0.39, 0.29) is 12.0 Å². The van der Waals surface area contributed by atoms with E-state index in [1.165, 1.54) is 11.3 Å². The molecule has 3 heterocycles. The number of pyridine rings is 1. The molecule has 0 bridgehead atoms. The maximum Gasteiger partial charge on any atom is 0.341 e. The number of hydrogen-bond donors (Lipinski definition) is 1. The summed E-state index contributed by atoms with van der Waals surface area (Å²) < 4.78 is 11.0. The zero-order valence-corrected chi connectivity index (χ0v) is 25.4. The number of para-hydroxylation sites is 1. The van der Waals surface area contributed by atoms with Gasteiger partial charge in [-0.2, -0.15) is 0 Å². The molecule has 0 radical (unpaired) electrons. The molecule has 1 atom stereocenters. The third-order valence-electron chi connectivity index (χ3n) is 8.33. The van der Waals surface area contributed by atoms with E-state index in [1.54, 1.807) is 6.92 Å². The number of amides is 1. The summed E-state index contributed by atoms with van der Waals surface area (Å²) in [5, 5.41) is 4.05. The fourth-order valence-electron chi connectivity index (χ4n) is 5.95. The number of nitrogens with one attached hydrogen (secondary N) is 1. The Hall–Kier alpha value is -3.30. The van der Waals surface area contributed by atoms with E-state index in [0.717, 1.165) is 71.4 Å². The van der Waals surface area contributed by atoms with E-state index in [1.807, 2.05) is 24.3 Å². The summed E-state index contributed by atoms with van der Waals surface area (Å²) in [6.45, 7) is 12.7. The van der Waals surface area contributed by atoms with Crippen LogP contribution in [0.25, 0.3) is 10.9 Å². The first-order valence-corrected chi connectivity index (χ1v) is 15.3. The maximum atomic E-state index is 13.5. The molecule has 1 N–H and O–H groups in total. The number of nitrogens with zero attached hydrogens (tertiary/aromatic N) is 2. The molecular formula is C32H39N3O5S. The first-order valence-electron chi connectivity index (χ1n) is 14.5. The van der Waals surface area contributed by atoms with Crippen LogP contribution in [0.3, 0.4) is 0 Å². The largest absolute Gasteiger partial charge is 0.462 e. The molecule has 9 heteroatoms. The molecule has 41 heavy (non-hydrogen) atoms. The molecule has 0 saturated heterocycles. The highest BCUT2D eigenvalue weighted by molar-refractivity contribution is 7.17. The second-order valence-corrected chi connectivity index (χ2v) is 13.0. The highest BCUT2D eigenvalue weighted by Crippen LogP contribution is 2.44. The van der Waals surface area contributed by atoms with E-state index >= 15 is 0 Å². The molecule has 5 rings (SSSR count). The predicted molar refractivity (Wildman–Crippen MR) is 161 cm³/mol. The van der Waals surface area contributed by atoms with Crippen molar-refractivity contribution in [3.05, 3.63) is 57.1 Å². The Labute approximate surface area is 245 Å². The molecule has 0 spiro atoms.